The van der Waals surface area contributed by atoms with Gasteiger partial charge in [-0.05, 0) is 48.2 Å². The van der Waals surface area contributed by atoms with Gasteiger partial charge in [0, 0.05) is 34.8 Å². The molecule has 1 atom stereocenters. The molecule has 0 unspecified atom stereocenters. The molecule has 0 bridgehead atoms. The van der Waals surface area contributed by atoms with Crippen LogP contribution in [0, 0.1) is 0 Å². The Morgan fingerprint density at radius 3 is 2.30 bits per heavy atom. The van der Waals surface area contributed by atoms with Crippen LogP contribution >= 0.6 is 0 Å². The number of hydrogen-bond acceptors (Lipinski definition) is 5. The molecule has 0 radical (unpaired) electrons. The molecule has 0 aliphatic heterocycles. The highest BCUT2D eigenvalue weighted by Crippen LogP contribution is 2.34. The van der Waals surface area contributed by atoms with Crippen LogP contribution in [-0.4, -0.2) is 37.5 Å². The molecule has 0 aliphatic rings. The van der Waals surface area contributed by atoms with Crippen molar-refractivity contribution in [2.45, 2.75) is 39.1 Å². The van der Waals surface area contributed by atoms with Crippen molar-refractivity contribution in [3.05, 3.63) is 112 Å². The number of fused-ring (bicyclic) bond motifs is 1. The first-order valence-electron chi connectivity index (χ1n) is 13.5. The topological polar surface area (TPSA) is 94.5 Å². The Morgan fingerprint density at radius 2 is 1.70 bits per heavy atom. The number of aryl methyl sites for hydroxylation is 1. The zero-order chi connectivity index (χ0) is 31.4. The lowest BCUT2D eigenvalue weighted by Gasteiger charge is -2.13. The average Bonchev–Trinajstić information content (AvgIpc) is 3.32. The molecule has 1 amide bonds. The van der Waals surface area contributed by atoms with Crippen molar-refractivity contribution < 1.29 is 35.9 Å². The third kappa shape index (κ3) is 8.20. The van der Waals surface area contributed by atoms with Gasteiger partial charge in [0.25, 0.3) is 5.91 Å². The SMILES string of the molecule is CCc1ccc(C(=O)c2cn(C/C=C/c3ccc([C@@H](C)OCC(=O)NS(C)(=O)=O)cc3)c3ccc(C(F)(F)F)cc23)cc1. The van der Waals surface area contributed by atoms with E-state index >= 15 is 0 Å². The normalized spacial score (nSPS) is 13.0. The number of alkyl halides is 3. The molecule has 7 nitrogen and oxygen atoms in total. The summed E-state index contributed by atoms with van der Waals surface area (Å²) in [5.41, 5.74) is 2.95. The maximum atomic E-state index is 13.5. The number of carbonyl (C=O) groups is 2. The van der Waals surface area contributed by atoms with Crippen LogP contribution < -0.4 is 4.72 Å². The van der Waals surface area contributed by atoms with Gasteiger partial charge in [-0.1, -0.05) is 67.6 Å². The Hall–Kier alpha value is -4.22. The maximum absolute atomic E-state index is 13.5. The quantitative estimate of drug-likeness (QED) is 0.200. The number of nitrogens with zero attached hydrogens (tertiary/aromatic N) is 1. The average molecular weight is 613 g/mol. The number of ketones is 1. The molecule has 226 valence electrons. The van der Waals surface area contributed by atoms with Crippen LogP contribution in [0.25, 0.3) is 17.0 Å². The molecule has 0 spiro atoms. The lowest BCUT2D eigenvalue weighted by atomic mass is 10.00. The molecule has 4 aromatic rings. The third-order valence-corrected chi connectivity index (χ3v) is 7.46. The van der Waals surface area contributed by atoms with Gasteiger partial charge in [-0.15, -0.1) is 0 Å². The van der Waals surface area contributed by atoms with Crippen LogP contribution in [0.1, 0.15) is 58.1 Å². The summed E-state index contributed by atoms with van der Waals surface area (Å²) < 4.78 is 71.9. The number of sulfonamides is 1. The van der Waals surface area contributed by atoms with E-state index in [1.165, 1.54) is 6.07 Å². The summed E-state index contributed by atoms with van der Waals surface area (Å²) in [6, 6.07) is 17.8. The number of aromatic nitrogens is 1. The minimum absolute atomic E-state index is 0.197. The second kappa shape index (κ2) is 13.0. The molecule has 0 aliphatic carbocycles. The fourth-order valence-electron chi connectivity index (χ4n) is 4.57. The van der Waals surface area contributed by atoms with Gasteiger partial charge >= 0.3 is 6.18 Å². The van der Waals surface area contributed by atoms with E-state index in [1.54, 1.807) is 29.8 Å². The summed E-state index contributed by atoms with van der Waals surface area (Å²) in [4.78, 5) is 25.1. The lowest BCUT2D eigenvalue weighted by molar-refractivity contribution is -0.137. The maximum Gasteiger partial charge on any atom is 0.416 e. The van der Waals surface area contributed by atoms with Crippen molar-refractivity contribution in [2.75, 3.05) is 12.9 Å². The minimum Gasteiger partial charge on any atom is -0.364 e. The van der Waals surface area contributed by atoms with E-state index in [9.17, 15) is 31.2 Å². The Morgan fingerprint density at radius 1 is 1.02 bits per heavy atom. The predicted octanol–water partition coefficient (Wildman–Crippen LogP) is 6.32. The molecule has 0 saturated carbocycles. The standard InChI is InChI=1S/C32H31F3N2O5S/c1-4-22-7-13-25(14-8-22)31(39)28-19-37(29-16-15-26(18-27(28)29)32(33,34)35)17-5-6-23-9-11-24(12-10-23)21(2)42-20-30(38)36-43(3,40)41/h5-16,18-19,21H,4,17,20H2,1-3H3,(H,36,38)/b6-5+/t21-/m1/s1. The second-order valence-corrected chi connectivity index (χ2v) is 11.9. The highest BCUT2D eigenvalue weighted by Gasteiger charge is 2.31. The van der Waals surface area contributed by atoms with Crippen LogP contribution in [-0.2, 0) is 38.7 Å². The van der Waals surface area contributed by atoms with Gasteiger partial charge < -0.3 is 9.30 Å². The molecule has 4 rings (SSSR count). The molecule has 43 heavy (non-hydrogen) atoms. The molecule has 11 heteroatoms. The first kappa shape index (κ1) is 31.7. The second-order valence-electron chi connectivity index (χ2n) is 10.1. The van der Waals surface area contributed by atoms with Crippen LogP contribution in [0.15, 0.2) is 79.0 Å². The van der Waals surface area contributed by atoms with E-state index in [-0.39, 0.29) is 16.7 Å². The van der Waals surface area contributed by atoms with Crippen molar-refractivity contribution >= 4 is 38.7 Å². The van der Waals surface area contributed by atoms with E-state index in [0.29, 0.717) is 17.6 Å². The molecule has 1 N–H and O–H groups in total. The van der Waals surface area contributed by atoms with Crippen LogP contribution in [0.4, 0.5) is 13.2 Å². The lowest BCUT2D eigenvalue weighted by Crippen LogP contribution is -2.32. The summed E-state index contributed by atoms with van der Waals surface area (Å²) in [5.74, 6) is -1.12. The number of carbonyl (C=O) groups excluding carboxylic acids is 2. The first-order valence-corrected chi connectivity index (χ1v) is 15.4. The molecule has 3 aromatic carbocycles. The summed E-state index contributed by atoms with van der Waals surface area (Å²) in [7, 11) is -3.66. The summed E-state index contributed by atoms with van der Waals surface area (Å²) in [6.45, 7) is 3.62. The van der Waals surface area contributed by atoms with Gasteiger partial charge in [0.05, 0.1) is 17.9 Å². The van der Waals surface area contributed by atoms with E-state index in [4.69, 9.17) is 4.74 Å². The zero-order valence-electron chi connectivity index (χ0n) is 23.8. The fraction of sp³-hybridized carbons (Fsp3) is 0.250. The summed E-state index contributed by atoms with van der Waals surface area (Å²) >= 11 is 0. The molecule has 0 saturated heterocycles. The monoisotopic (exact) mass is 612 g/mol. The van der Waals surface area contributed by atoms with E-state index in [1.807, 2.05) is 60.2 Å². The Kier molecular flexibility index (Phi) is 9.56. The third-order valence-electron chi connectivity index (χ3n) is 6.86. The van der Waals surface area contributed by atoms with Crippen molar-refractivity contribution in [1.82, 2.24) is 9.29 Å². The van der Waals surface area contributed by atoms with Crippen LogP contribution in [0.3, 0.4) is 0 Å². The van der Waals surface area contributed by atoms with E-state index in [2.05, 4.69) is 0 Å². The minimum atomic E-state index is -4.55. The predicted molar refractivity (Wildman–Crippen MR) is 159 cm³/mol. The highest BCUT2D eigenvalue weighted by molar-refractivity contribution is 7.89. The Bertz CT molecular complexity index is 1760. The number of halogens is 3. The van der Waals surface area contributed by atoms with Gasteiger partial charge in [-0.3, -0.25) is 14.3 Å². The molecular weight excluding hydrogens is 581 g/mol. The highest BCUT2D eigenvalue weighted by atomic mass is 32.2. The van der Waals surface area contributed by atoms with Gasteiger partial charge in [-0.2, -0.15) is 13.2 Å². The molecule has 1 aromatic heterocycles. The number of nitrogens with one attached hydrogen (secondary N) is 1. The van der Waals surface area contributed by atoms with Crippen molar-refractivity contribution in [1.29, 1.82) is 0 Å². The van der Waals surface area contributed by atoms with Crippen LogP contribution in [0.2, 0.25) is 0 Å². The number of amides is 1. The number of benzene rings is 3. The van der Waals surface area contributed by atoms with Gasteiger partial charge in [0.1, 0.15) is 6.61 Å². The van der Waals surface area contributed by atoms with Gasteiger partial charge in [0.2, 0.25) is 10.0 Å². The van der Waals surface area contributed by atoms with Gasteiger partial charge in [0.15, 0.2) is 5.78 Å². The largest absolute Gasteiger partial charge is 0.416 e. The summed E-state index contributed by atoms with van der Waals surface area (Å²) in [5, 5.41) is 0.233. The van der Waals surface area contributed by atoms with Gasteiger partial charge in [-0.25, -0.2) is 8.42 Å². The van der Waals surface area contributed by atoms with Crippen molar-refractivity contribution in [3.63, 3.8) is 0 Å². The Balaban J connectivity index is 1.51. The number of hydrogen-bond donors (Lipinski definition) is 1. The number of allylic oxidation sites excluding steroid dienone is 1. The van der Waals surface area contributed by atoms with Crippen molar-refractivity contribution in [3.8, 4) is 0 Å². The first-order chi connectivity index (χ1) is 20.2. The number of ether oxygens (including phenoxy) is 1. The Labute approximate surface area is 248 Å². The summed E-state index contributed by atoms with van der Waals surface area (Å²) in [6.07, 6.45) is 1.95. The number of rotatable bonds is 11. The fourth-order valence-corrected chi connectivity index (χ4v) is 5.04. The van der Waals surface area contributed by atoms with E-state index < -0.39 is 40.4 Å². The molecule has 0 fully saturated rings. The molecule has 1 heterocycles. The zero-order valence-corrected chi connectivity index (χ0v) is 24.6. The van der Waals surface area contributed by atoms with Crippen LogP contribution in [0.5, 0.6) is 0 Å². The smallest absolute Gasteiger partial charge is 0.364 e. The molecular formula is C32H31F3N2O5S. The van der Waals surface area contributed by atoms with E-state index in [0.717, 1.165) is 41.5 Å². The van der Waals surface area contributed by atoms with Crippen molar-refractivity contribution in [2.24, 2.45) is 0 Å².